The van der Waals surface area contributed by atoms with Gasteiger partial charge in [-0.05, 0) is 50.2 Å². The van der Waals surface area contributed by atoms with E-state index in [1.54, 1.807) is 35.2 Å². The fraction of sp³-hybridized carbons (Fsp3) is 0.150. The van der Waals surface area contributed by atoms with E-state index in [1.807, 2.05) is 44.2 Å². The van der Waals surface area contributed by atoms with Crippen molar-refractivity contribution < 1.29 is 13.2 Å². The standard InChI is InChI=1S/C20H19NO3S2/c1-3-21(16-7-5-4-6-8-16)20(22)18-13-14-19(25-18)26(23,24)17-11-9-15(2)10-12-17/h4-14H,3H2,1-2H3. The summed E-state index contributed by atoms with van der Waals surface area (Å²) in [4.78, 5) is 15.1. The van der Waals surface area contributed by atoms with Crippen LogP contribution < -0.4 is 4.90 Å². The molecular weight excluding hydrogens is 366 g/mol. The number of anilines is 1. The highest BCUT2D eigenvalue weighted by molar-refractivity contribution is 7.93. The first-order valence-corrected chi connectivity index (χ1v) is 10.5. The zero-order valence-electron chi connectivity index (χ0n) is 14.5. The number of hydrogen-bond donors (Lipinski definition) is 0. The molecule has 0 atom stereocenters. The summed E-state index contributed by atoms with van der Waals surface area (Å²) in [7, 11) is -3.62. The van der Waals surface area contributed by atoms with E-state index in [4.69, 9.17) is 0 Å². The summed E-state index contributed by atoms with van der Waals surface area (Å²) in [6.07, 6.45) is 0. The number of amides is 1. The summed E-state index contributed by atoms with van der Waals surface area (Å²) in [6, 6.07) is 19.1. The fourth-order valence-electron chi connectivity index (χ4n) is 2.60. The van der Waals surface area contributed by atoms with Gasteiger partial charge in [-0.1, -0.05) is 35.9 Å². The van der Waals surface area contributed by atoms with E-state index in [1.165, 1.54) is 6.07 Å². The van der Waals surface area contributed by atoms with Crippen LogP contribution >= 0.6 is 11.3 Å². The molecule has 26 heavy (non-hydrogen) atoms. The largest absolute Gasteiger partial charge is 0.308 e. The summed E-state index contributed by atoms with van der Waals surface area (Å²) in [5, 5.41) is 0. The Balaban J connectivity index is 1.91. The normalized spacial score (nSPS) is 11.3. The molecule has 0 aliphatic rings. The maximum atomic E-state index is 12.8. The van der Waals surface area contributed by atoms with Crippen LogP contribution in [0, 0.1) is 6.92 Å². The molecule has 0 radical (unpaired) electrons. The summed E-state index contributed by atoms with van der Waals surface area (Å²) in [6.45, 7) is 4.30. The average Bonchev–Trinajstić information content (AvgIpc) is 3.14. The van der Waals surface area contributed by atoms with Gasteiger partial charge in [-0.15, -0.1) is 11.3 Å². The topological polar surface area (TPSA) is 54.5 Å². The molecule has 0 saturated carbocycles. The van der Waals surface area contributed by atoms with Crippen LogP contribution in [0.25, 0.3) is 0 Å². The molecule has 0 saturated heterocycles. The molecule has 0 aliphatic carbocycles. The van der Waals surface area contributed by atoms with E-state index in [0.29, 0.717) is 11.4 Å². The van der Waals surface area contributed by atoms with Gasteiger partial charge in [-0.3, -0.25) is 4.79 Å². The third kappa shape index (κ3) is 3.57. The molecule has 0 N–H and O–H groups in total. The van der Waals surface area contributed by atoms with Crippen molar-refractivity contribution in [3.63, 3.8) is 0 Å². The maximum absolute atomic E-state index is 12.8. The monoisotopic (exact) mass is 385 g/mol. The minimum atomic E-state index is -3.62. The first kappa shape index (κ1) is 18.4. The van der Waals surface area contributed by atoms with Crippen molar-refractivity contribution >= 4 is 32.8 Å². The third-order valence-electron chi connectivity index (χ3n) is 4.02. The van der Waals surface area contributed by atoms with Crippen molar-refractivity contribution in [3.8, 4) is 0 Å². The number of hydrogen-bond acceptors (Lipinski definition) is 4. The van der Waals surface area contributed by atoms with Gasteiger partial charge in [-0.25, -0.2) is 8.42 Å². The highest BCUT2D eigenvalue weighted by Gasteiger charge is 2.24. The Hall–Kier alpha value is -2.44. The molecule has 6 heteroatoms. The van der Waals surface area contributed by atoms with Crippen LogP contribution in [0.15, 0.2) is 75.8 Å². The lowest BCUT2D eigenvalue weighted by atomic mass is 10.2. The first-order chi connectivity index (χ1) is 12.4. The molecule has 2 aromatic carbocycles. The second kappa shape index (κ2) is 7.43. The zero-order valence-corrected chi connectivity index (χ0v) is 16.2. The van der Waals surface area contributed by atoms with Crippen LogP contribution in [0.1, 0.15) is 22.2 Å². The minimum absolute atomic E-state index is 0.175. The van der Waals surface area contributed by atoms with E-state index in [9.17, 15) is 13.2 Å². The Morgan fingerprint density at radius 1 is 0.962 bits per heavy atom. The number of carbonyl (C=O) groups excluding carboxylic acids is 1. The summed E-state index contributed by atoms with van der Waals surface area (Å²) in [5.41, 5.74) is 1.78. The van der Waals surface area contributed by atoms with Crippen molar-refractivity contribution in [2.75, 3.05) is 11.4 Å². The van der Waals surface area contributed by atoms with Gasteiger partial charge in [0.2, 0.25) is 9.84 Å². The van der Waals surface area contributed by atoms with E-state index >= 15 is 0 Å². The van der Waals surface area contributed by atoms with Gasteiger partial charge in [0.25, 0.3) is 5.91 Å². The van der Waals surface area contributed by atoms with Crippen LogP contribution in [0.5, 0.6) is 0 Å². The molecule has 3 rings (SSSR count). The van der Waals surface area contributed by atoms with Gasteiger partial charge in [0.1, 0.15) is 4.21 Å². The Morgan fingerprint density at radius 3 is 2.23 bits per heavy atom. The van der Waals surface area contributed by atoms with Gasteiger partial charge in [0.15, 0.2) is 0 Å². The molecule has 0 unspecified atom stereocenters. The molecule has 4 nitrogen and oxygen atoms in total. The minimum Gasteiger partial charge on any atom is -0.308 e. The number of aryl methyl sites for hydroxylation is 1. The predicted molar refractivity (Wildman–Crippen MR) is 105 cm³/mol. The molecule has 3 aromatic rings. The van der Waals surface area contributed by atoms with Gasteiger partial charge >= 0.3 is 0 Å². The summed E-state index contributed by atoms with van der Waals surface area (Å²) < 4.78 is 25.7. The van der Waals surface area contributed by atoms with E-state index in [0.717, 1.165) is 22.6 Å². The molecule has 1 heterocycles. The Labute approximate surface area is 157 Å². The maximum Gasteiger partial charge on any atom is 0.268 e. The summed E-state index contributed by atoms with van der Waals surface area (Å²) in [5.74, 6) is -0.200. The van der Waals surface area contributed by atoms with Crippen molar-refractivity contribution in [1.82, 2.24) is 0 Å². The van der Waals surface area contributed by atoms with E-state index in [2.05, 4.69) is 0 Å². The van der Waals surface area contributed by atoms with E-state index < -0.39 is 9.84 Å². The number of rotatable bonds is 5. The molecule has 1 amide bonds. The van der Waals surface area contributed by atoms with Crippen LogP contribution in [0.4, 0.5) is 5.69 Å². The van der Waals surface area contributed by atoms with Gasteiger partial charge in [0, 0.05) is 12.2 Å². The van der Waals surface area contributed by atoms with E-state index in [-0.39, 0.29) is 15.0 Å². The lowest BCUT2D eigenvalue weighted by Crippen LogP contribution is -2.29. The van der Waals surface area contributed by atoms with Crippen molar-refractivity contribution in [3.05, 3.63) is 77.2 Å². The summed E-state index contributed by atoms with van der Waals surface area (Å²) >= 11 is 1.01. The fourth-order valence-corrected chi connectivity index (χ4v) is 5.25. The lowest BCUT2D eigenvalue weighted by Gasteiger charge is -2.20. The highest BCUT2D eigenvalue weighted by Crippen LogP contribution is 2.29. The second-order valence-electron chi connectivity index (χ2n) is 5.82. The predicted octanol–water partition coefficient (Wildman–Crippen LogP) is 4.56. The van der Waals surface area contributed by atoms with Gasteiger partial charge in [0.05, 0.1) is 9.77 Å². The van der Waals surface area contributed by atoms with Gasteiger partial charge in [-0.2, -0.15) is 0 Å². The molecule has 0 aliphatic heterocycles. The van der Waals surface area contributed by atoms with Crippen LogP contribution in [-0.4, -0.2) is 20.9 Å². The number of carbonyl (C=O) groups is 1. The second-order valence-corrected chi connectivity index (χ2v) is 9.08. The highest BCUT2D eigenvalue weighted by atomic mass is 32.2. The number of para-hydroxylation sites is 1. The average molecular weight is 386 g/mol. The first-order valence-electron chi connectivity index (χ1n) is 8.22. The van der Waals surface area contributed by atoms with Crippen molar-refractivity contribution in [2.24, 2.45) is 0 Å². The number of thiophene rings is 1. The number of nitrogens with zero attached hydrogens (tertiary/aromatic N) is 1. The SMILES string of the molecule is CCN(C(=O)c1ccc(S(=O)(=O)c2ccc(C)cc2)s1)c1ccccc1. The molecule has 1 aromatic heterocycles. The van der Waals surface area contributed by atoms with Gasteiger partial charge < -0.3 is 4.90 Å². The van der Waals surface area contributed by atoms with Crippen molar-refractivity contribution in [2.45, 2.75) is 23.0 Å². The van der Waals surface area contributed by atoms with Crippen molar-refractivity contribution in [1.29, 1.82) is 0 Å². The molecule has 0 fully saturated rings. The van der Waals surface area contributed by atoms with Crippen LogP contribution in [-0.2, 0) is 9.84 Å². The van der Waals surface area contributed by atoms with Crippen LogP contribution in [0.3, 0.4) is 0 Å². The molecular formula is C20H19NO3S2. The lowest BCUT2D eigenvalue weighted by molar-refractivity contribution is 0.0992. The smallest absolute Gasteiger partial charge is 0.268 e. The third-order valence-corrected chi connectivity index (χ3v) is 7.35. The Morgan fingerprint density at radius 2 is 1.62 bits per heavy atom. The van der Waals surface area contributed by atoms with Crippen LogP contribution in [0.2, 0.25) is 0 Å². The molecule has 134 valence electrons. The Bertz CT molecular complexity index is 1010. The Kier molecular flexibility index (Phi) is 5.25. The number of benzene rings is 2. The quantitative estimate of drug-likeness (QED) is 0.647. The molecule has 0 bridgehead atoms. The number of sulfone groups is 1. The zero-order chi connectivity index (χ0) is 18.7. The molecule has 0 spiro atoms.